The van der Waals surface area contributed by atoms with Crippen molar-refractivity contribution in [2.45, 2.75) is 0 Å². The van der Waals surface area contributed by atoms with Gasteiger partial charge in [0.2, 0.25) is 0 Å². The lowest BCUT2D eigenvalue weighted by Crippen LogP contribution is -2.31. The van der Waals surface area contributed by atoms with E-state index in [1.54, 1.807) is 18.2 Å². The molecule has 4 rings (SSSR count). The molecule has 0 aliphatic carbocycles. The van der Waals surface area contributed by atoms with Crippen molar-refractivity contribution in [3.8, 4) is 29.2 Å². The molecule has 0 aliphatic rings. The van der Waals surface area contributed by atoms with Crippen molar-refractivity contribution >= 4 is 11.0 Å². The Morgan fingerprint density at radius 2 is 1.79 bits per heavy atom. The highest BCUT2D eigenvalue weighted by molar-refractivity contribution is 5.82. The maximum Gasteiger partial charge on any atom is 0.426 e. The van der Waals surface area contributed by atoms with Gasteiger partial charge in [-0.3, -0.25) is 4.79 Å². The van der Waals surface area contributed by atoms with Crippen LogP contribution in [-0.2, 0) is 0 Å². The second kappa shape index (κ2) is 6.63. The fraction of sp³-hybridized carbons (Fsp3) is 0. The molecular weight excluding hydrogens is 364 g/mol. The first-order valence-electron chi connectivity index (χ1n) is 8.20. The summed E-state index contributed by atoms with van der Waals surface area (Å²) in [6.07, 6.45) is 5.37. The van der Waals surface area contributed by atoms with E-state index in [9.17, 15) is 18.4 Å². The van der Waals surface area contributed by atoms with Gasteiger partial charge in [-0.2, -0.15) is 0 Å². The Morgan fingerprint density at radius 1 is 0.964 bits per heavy atom. The topological polar surface area (TPSA) is 52.2 Å². The molecule has 0 amide bonds. The van der Waals surface area contributed by atoms with E-state index in [0.29, 0.717) is 11.1 Å². The maximum absolute atomic E-state index is 14.1. The minimum absolute atomic E-state index is 0.0608. The molecule has 4 nitrogen and oxygen atoms in total. The molecule has 28 heavy (non-hydrogen) atoms. The molecule has 0 fully saturated rings. The number of hydrogen-bond donors (Lipinski definition) is 0. The number of halogens is 2. The van der Waals surface area contributed by atoms with Gasteiger partial charge in [-0.25, -0.2) is 18.1 Å². The molecule has 6 heteroatoms. The summed E-state index contributed by atoms with van der Waals surface area (Å²) >= 11 is 0. The predicted octanol–water partition coefficient (Wildman–Crippen LogP) is 3.87. The van der Waals surface area contributed by atoms with Crippen molar-refractivity contribution in [2.24, 2.45) is 0 Å². The third-order valence-electron chi connectivity index (χ3n) is 4.31. The van der Waals surface area contributed by atoms with Crippen LogP contribution in [0.3, 0.4) is 0 Å². The van der Waals surface area contributed by atoms with Gasteiger partial charge in [-0.1, -0.05) is 18.1 Å². The average Bonchev–Trinajstić information content (AvgIpc) is 2.68. The first kappa shape index (κ1) is 17.4. The smallest absolute Gasteiger partial charge is 0.409 e. The van der Waals surface area contributed by atoms with Gasteiger partial charge in [-0.15, -0.1) is 6.42 Å². The van der Waals surface area contributed by atoms with Gasteiger partial charge in [0.1, 0.15) is 17.2 Å². The lowest BCUT2D eigenvalue weighted by Gasteiger charge is -2.08. The molecule has 0 bridgehead atoms. The highest BCUT2D eigenvalue weighted by Crippen LogP contribution is 2.26. The molecule has 0 unspecified atom stereocenters. The standard InChI is InChI=1S/C22H11F2NO3/c1-2-13-4-3-5-16(10-13)25-21(26)18-11-14(6-9-20(18)28-22(25)27)17-8-7-15(23)12-19(17)24/h1,3-12H. The van der Waals surface area contributed by atoms with Crippen molar-refractivity contribution in [3.05, 3.63) is 98.8 Å². The first-order chi connectivity index (χ1) is 13.5. The fourth-order valence-electron chi connectivity index (χ4n) is 2.98. The van der Waals surface area contributed by atoms with Crippen molar-refractivity contribution in [3.63, 3.8) is 0 Å². The van der Waals surface area contributed by atoms with Crippen molar-refractivity contribution in [1.82, 2.24) is 4.57 Å². The highest BCUT2D eigenvalue weighted by Gasteiger charge is 2.14. The molecule has 0 saturated heterocycles. The second-order valence-electron chi connectivity index (χ2n) is 6.04. The molecule has 1 aromatic heterocycles. The number of nitrogens with zero attached hydrogens (tertiary/aromatic N) is 1. The van der Waals surface area contributed by atoms with Crippen LogP contribution in [-0.4, -0.2) is 4.57 Å². The Kier molecular flexibility index (Phi) is 4.13. The van der Waals surface area contributed by atoms with E-state index in [1.165, 1.54) is 30.3 Å². The summed E-state index contributed by atoms with van der Waals surface area (Å²) in [5, 5.41) is 0.0759. The molecule has 1 heterocycles. The maximum atomic E-state index is 14.1. The Bertz CT molecular complexity index is 1390. The van der Waals surface area contributed by atoms with Crippen molar-refractivity contribution < 1.29 is 13.2 Å². The monoisotopic (exact) mass is 375 g/mol. The largest absolute Gasteiger partial charge is 0.426 e. The summed E-state index contributed by atoms with van der Waals surface area (Å²) in [6, 6.07) is 13.8. The van der Waals surface area contributed by atoms with Crippen LogP contribution in [0, 0.1) is 24.0 Å². The van der Waals surface area contributed by atoms with Gasteiger partial charge in [0.05, 0.1) is 11.1 Å². The summed E-state index contributed by atoms with van der Waals surface area (Å²) in [5.41, 5.74) is 0.644. The Hall–Kier alpha value is -3.98. The van der Waals surface area contributed by atoms with E-state index in [4.69, 9.17) is 10.8 Å². The molecule has 0 radical (unpaired) electrons. The minimum Gasteiger partial charge on any atom is -0.409 e. The van der Waals surface area contributed by atoms with Crippen molar-refractivity contribution in [1.29, 1.82) is 0 Å². The summed E-state index contributed by atoms with van der Waals surface area (Å²) in [7, 11) is 0. The summed E-state index contributed by atoms with van der Waals surface area (Å²) in [5.74, 6) is 0.0963. The molecule has 0 spiro atoms. The van der Waals surface area contributed by atoms with Gasteiger partial charge in [-0.05, 0) is 48.0 Å². The minimum atomic E-state index is -0.868. The fourth-order valence-corrected chi connectivity index (χ4v) is 2.98. The van der Waals surface area contributed by atoms with Crippen LogP contribution in [0.2, 0.25) is 0 Å². The summed E-state index contributed by atoms with van der Waals surface area (Å²) in [4.78, 5) is 25.3. The zero-order chi connectivity index (χ0) is 19.8. The molecule has 3 aromatic carbocycles. The third kappa shape index (κ3) is 2.89. The highest BCUT2D eigenvalue weighted by atomic mass is 19.1. The lowest BCUT2D eigenvalue weighted by atomic mass is 10.0. The van der Waals surface area contributed by atoms with Gasteiger partial charge in [0.15, 0.2) is 0 Å². The normalized spacial score (nSPS) is 10.8. The number of benzene rings is 3. The number of terminal acetylenes is 1. The molecule has 4 aromatic rings. The molecule has 0 saturated carbocycles. The Labute approximate surface area is 157 Å². The van der Waals surface area contributed by atoms with Gasteiger partial charge < -0.3 is 4.42 Å². The summed E-state index contributed by atoms with van der Waals surface area (Å²) < 4.78 is 33.4. The van der Waals surface area contributed by atoms with Gasteiger partial charge in [0.25, 0.3) is 5.56 Å². The van der Waals surface area contributed by atoms with Gasteiger partial charge in [0, 0.05) is 17.2 Å². The molecule has 0 aliphatic heterocycles. The Morgan fingerprint density at radius 3 is 2.54 bits per heavy atom. The molecular formula is C22H11F2NO3. The number of aromatic nitrogens is 1. The van der Waals surface area contributed by atoms with E-state index in [1.807, 2.05) is 0 Å². The van der Waals surface area contributed by atoms with E-state index in [-0.39, 0.29) is 22.2 Å². The van der Waals surface area contributed by atoms with Crippen molar-refractivity contribution in [2.75, 3.05) is 0 Å². The van der Waals surface area contributed by atoms with E-state index < -0.39 is 22.9 Å². The first-order valence-corrected chi connectivity index (χ1v) is 8.20. The lowest BCUT2D eigenvalue weighted by molar-refractivity contribution is 0.504. The van der Waals surface area contributed by atoms with Crippen LogP contribution in [0.4, 0.5) is 8.78 Å². The zero-order valence-corrected chi connectivity index (χ0v) is 14.3. The number of hydrogen-bond acceptors (Lipinski definition) is 3. The van der Waals surface area contributed by atoms with Gasteiger partial charge >= 0.3 is 5.76 Å². The number of fused-ring (bicyclic) bond motifs is 1. The third-order valence-corrected chi connectivity index (χ3v) is 4.31. The van der Waals surface area contributed by atoms with E-state index >= 15 is 0 Å². The van der Waals surface area contributed by atoms with Crippen LogP contribution in [0.5, 0.6) is 0 Å². The molecule has 0 atom stereocenters. The molecule has 136 valence electrons. The zero-order valence-electron chi connectivity index (χ0n) is 14.3. The molecule has 0 N–H and O–H groups in total. The Balaban J connectivity index is 1.98. The van der Waals surface area contributed by atoms with Crippen LogP contribution >= 0.6 is 0 Å². The number of rotatable bonds is 2. The van der Waals surface area contributed by atoms with Crippen LogP contribution in [0.25, 0.3) is 27.8 Å². The van der Waals surface area contributed by atoms with E-state index in [2.05, 4.69) is 5.92 Å². The average molecular weight is 375 g/mol. The van der Waals surface area contributed by atoms with Crippen LogP contribution in [0.1, 0.15) is 5.56 Å². The van der Waals surface area contributed by atoms with Crippen LogP contribution in [0.15, 0.2) is 74.7 Å². The SMILES string of the molecule is C#Cc1cccc(-n2c(=O)oc3ccc(-c4ccc(F)cc4F)cc3c2=O)c1. The van der Waals surface area contributed by atoms with Crippen LogP contribution < -0.4 is 11.3 Å². The second-order valence-corrected chi connectivity index (χ2v) is 6.04. The predicted molar refractivity (Wildman–Crippen MR) is 101 cm³/mol. The van der Waals surface area contributed by atoms with E-state index in [0.717, 1.165) is 16.7 Å². The summed E-state index contributed by atoms with van der Waals surface area (Å²) in [6.45, 7) is 0. The quantitative estimate of drug-likeness (QED) is 0.500.